The molecule has 0 fully saturated rings. The molecule has 1 aliphatic rings. The maximum absolute atomic E-state index is 2.49. The van der Waals surface area contributed by atoms with E-state index in [0.717, 1.165) is 0 Å². The highest BCUT2D eigenvalue weighted by atomic mass is 14.4. The number of hydrogen-bond acceptors (Lipinski definition) is 0. The van der Waals surface area contributed by atoms with E-state index in [2.05, 4.69) is 196 Å². The monoisotopic (exact) mass is 696 g/mol. The molecule has 11 aromatic carbocycles. The van der Waals surface area contributed by atoms with Gasteiger partial charge in [0.15, 0.2) is 0 Å². The molecule has 0 saturated carbocycles. The fourth-order valence-corrected chi connectivity index (χ4v) is 10.3. The number of hydrogen-bond donors (Lipinski definition) is 0. The molecule has 0 nitrogen and oxygen atoms in total. The Morgan fingerprint density at radius 3 is 1.64 bits per heavy atom. The molecule has 0 unspecified atom stereocenters. The van der Waals surface area contributed by atoms with Gasteiger partial charge in [-0.2, -0.15) is 0 Å². The van der Waals surface area contributed by atoms with Crippen LogP contribution in [0.2, 0.25) is 0 Å². The predicted octanol–water partition coefficient (Wildman–Crippen LogP) is 15.4. The van der Waals surface area contributed by atoms with Gasteiger partial charge in [0, 0.05) is 5.41 Å². The molecule has 0 amide bonds. The highest BCUT2D eigenvalue weighted by Gasteiger charge is 2.35. The predicted molar refractivity (Wildman–Crippen MR) is 237 cm³/mol. The minimum Gasteiger partial charge on any atom is -0.0622 e. The number of benzene rings is 11. The molecule has 0 heteroatoms. The first kappa shape index (κ1) is 30.7. The fraction of sp³-hybridized carbons (Fsp3) is 0.0545. The van der Waals surface area contributed by atoms with Crippen molar-refractivity contribution in [2.45, 2.75) is 19.3 Å². The van der Waals surface area contributed by atoms with E-state index < -0.39 is 0 Å². The van der Waals surface area contributed by atoms with Crippen molar-refractivity contribution in [1.82, 2.24) is 0 Å². The van der Waals surface area contributed by atoms with Crippen LogP contribution in [0.1, 0.15) is 25.0 Å². The molecule has 0 aliphatic heterocycles. The van der Waals surface area contributed by atoms with Crippen molar-refractivity contribution in [2.24, 2.45) is 0 Å². The van der Waals surface area contributed by atoms with Crippen molar-refractivity contribution in [3.8, 4) is 44.5 Å². The summed E-state index contributed by atoms with van der Waals surface area (Å²) in [6, 6.07) is 68.5. The van der Waals surface area contributed by atoms with Crippen LogP contribution in [0.25, 0.3) is 109 Å². The Morgan fingerprint density at radius 1 is 0.291 bits per heavy atom. The molecule has 0 spiro atoms. The first-order chi connectivity index (χ1) is 27.1. The average Bonchev–Trinajstić information content (AvgIpc) is 3.47. The molecule has 1 aliphatic carbocycles. The Bertz CT molecular complexity index is 3330. The summed E-state index contributed by atoms with van der Waals surface area (Å²) in [6.07, 6.45) is 0. The Labute approximate surface area is 320 Å². The summed E-state index contributed by atoms with van der Waals surface area (Å²) in [5.74, 6) is 0. The van der Waals surface area contributed by atoms with Gasteiger partial charge in [0.05, 0.1) is 0 Å². The van der Waals surface area contributed by atoms with Gasteiger partial charge in [0.2, 0.25) is 0 Å². The highest BCUT2D eigenvalue weighted by Crippen LogP contribution is 2.52. The Kier molecular flexibility index (Phi) is 6.21. The van der Waals surface area contributed by atoms with E-state index in [0.29, 0.717) is 0 Å². The first-order valence-corrected chi connectivity index (χ1v) is 19.4. The lowest BCUT2D eigenvalue weighted by atomic mass is 9.79. The quantitative estimate of drug-likeness (QED) is 0.127. The van der Waals surface area contributed by atoms with E-state index in [9.17, 15) is 0 Å². The molecular formula is C55H36. The summed E-state index contributed by atoms with van der Waals surface area (Å²) in [7, 11) is 0. The molecule has 55 heavy (non-hydrogen) atoms. The molecule has 0 saturated heterocycles. The highest BCUT2D eigenvalue weighted by molar-refractivity contribution is 6.35. The van der Waals surface area contributed by atoms with Gasteiger partial charge in [-0.05, 0) is 132 Å². The number of fused-ring (bicyclic) bond motifs is 7. The van der Waals surface area contributed by atoms with Gasteiger partial charge in [-0.15, -0.1) is 0 Å². The van der Waals surface area contributed by atoms with E-state index in [-0.39, 0.29) is 5.41 Å². The lowest BCUT2D eigenvalue weighted by Gasteiger charge is -2.23. The molecule has 0 aromatic heterocycles. The van der Waals surface area contributed by atoms with Crippen LogP contribution in [0.5, 0.6) is 0 Å². The topological polar surface area (TPSA) is 0 Å². The van der Waals surface area contributed by atoms with Crippen LogP contribution in [0.15, 0.2) is 182 Å². The first-order valence-electron chi connectivity index (χ1n) is 19.4. The lowest BCUT2D eigenvalue weighted by Crippen LogP contribution is -2.14. The molecule has 0 bridgehead atoms. The summed E-state index contributed by atoms with van der Waals surface area (Å²) in [6.45, 7) is 4.76. The van der Waals surface area contributed by atoms with Gasteiger partial charge < -0.3 is 0 Å². The van der Waals surface area contributed by atoms with Gasteiger partial charge >= 0.3 is 0 Å². The van der Waals surface area contributed by atoms with Gasteiger partial charge in [-0.3, -0.25) is 0 Å². The normalized spacial score (nSPS) is 13.4. The molecule has 0 atom stereocenters. The average molecular weight is 697 g/mol. The van der Waals surface area contributed by atoms with Crippen molar-refractivity contribution < 1.29 is 0 Å². The van der Waals surface area contributed by atoms with Crippen LogP contribution >= 0.6 is 0 Å². The van der Waals surface area contributed by atoms with Crippen molar-refractivity contribution in [3.63, 3.8) is 0 Å². The minimum atomic E-state index is -0.0883. The van der Waals surface area contributed by atoms with E-state index >= 15 is 0 Å². The zero-order valence-corrected chi connectivity index (χ0v) is 30.8. The SMILES string of the molecule is CC1(C)c2ccccc2-c2ccc(-c3c4ccccc4c(-c4ccc5c6cccc7cccc(c8cccc4c85)c76)c4ccc(-c5ccccc5)cc34)cc21. The zero-order chi connectivity index (χ0) is 36.4. The van der Waals surface area contributed by atoms with E-state index in [1.807, 2.05) is 0 Å². The third-order valence-corrected chi connectivity index (χ3v) is 12.8. The third-order valence-electron chi connectivity index (χ3n) is 12.8. The van der Waals surface area contributed by atoms with E-state index in [4.69, 9.17) is 0 Å². The fourth-order valence-electron chi connectivity index (χ4n) is 10.3. The molecule has 256 valence electrons. The van der Waals surface area contributed by atoms with Gasteiger partial charge in [0.25, 0.3) is 0 Å². The van der Waals surface area contributed by atoms with Crippen LogP contribution in [-0.2, 0) is 5.41 Å². The summed E-state index contributed by atoms with van der Waals surface area (Å²) in [5.41, 5.74) is 13.0. The van der Waals surface area contributed by atoms with Crippen molar-refractivity contribution in [1.29, 1.82) is 0 Å². The second kappa shape index (κ2) is 11.1. The molecular weight excluding hydrogens is 661 g/mol. The van der Waals surface area contributed by atoms with Crippen LogP contribution in [0.3, 0.4) is 0 Å². The van der Waals surface area contributed by atoms with Crippen LogP contribution < -0.4 is 0 Å². The van der Waals surface area contributed by atoms with Crippen molar-refractivity contribution in [2.75, 3.05) is 0 Å². The maximum Gasteiger partial charge on any atom is 0.0159 e. The second-order valence-electron chi connectivity index (χ2n) is 16.0. The van der Waals surface area contributed by atoms with Gasteiger partial charge in [-0.1, -0.05) is 184 Å². The molecule has 0 N–H and O–H groups in total. The summed E-state index contributed by atoms with van der Waals surface area (Å²) in [4.78, 5) is 0. The van der Waals surface area contributed by atoms with Gasteiger partial charge in [0.1, 0.15) is 0 Å². The third kappa shape index (κ3) is 4.17. The Morgan fingerprint density at radius 2 is 0.836 bits per heavy atom. The molecule has 0 radical (unpaired) electrons. The largest absolute Gasteiger partial charge is 0.0622 e. The maximum atomic E-state index is 2.49. The summed E-state index contributed by atoms with van der Waals surface area (Å²) in [5, 5.41) is 15.7. The molecule has 11 aromatic rings. The van der Waals surface area contributed by atoms with E-state index in [1.165, 1.54) is 120 Å². The second-order valence-corrected chi connectivity index (χ2v) is 16.0. The molecule has 0 heterocycles. The van der Waals surface area contributed by atoms with Gasteiger partial charge in [-0.25, -0.2) is 0 Å². The zero-order valence-electron chi connectivity index (χ0n) is 30.8. The van der Waals surface area contributed by atoms with Crippen molar-refractivity contribution in [3.05, 3.63) is 193 Å². The minimum absolute atomic E-state index is 0.0883. The van der Waals surface area contributed by atoms with Crippen LogP contribution in [-0.4, -0.2) is 0 Å². The van der Waals surface area contributed by atoms with Crippen molar-refractivity contribution >= 4 is 64.6 Å². The summed E-state index contributed by atoms with van der Waals surface area (Å²) >= 11 is 0. The standard InChI is InChI=1S/C55H36/c1-55(2)49-24-9-8-17-37(49)38-27-26-36(32-50(38)55)52-39-18-6-7-19-42(39)54(47-28-25-35(31-48(47)52)33-13-4-3-5-14-33)46-30-29-45-41-21-11-16-34-15-10-20-40(51(34)41)43-22-12-23-44(46)53(43)45/h3-32H,1-2H3. The Balaban J connectivity index is 1.21. The molecule has 12 rings (SSSR count). The Hall–Kier alpha value is -6.76. The number of rotatable bonds is 3. The summed E-state index contributed by atoms with van der Waals surface area (Å²) < 4.78 is 0. The smallest absolute Gasteiger partial charge is 0.0159 e. The van der Waals surface area contributed by atoms with E-state index in [1.54, 1.807) is 0 Å². The van der Waals surface area contributed by atoms with Crippen LogP contribution in [0, 0.1) is 0 Å². The lowest BCUT2D eigenvalue weighted by molar-refractivity contribution is 0.660. The van der Waals surface area contributed by atoms with Crippen LogP contribution in [0.4, 0.5) is 0 Å².